The molecule has 3 nitrogen and oxygen atoms in total. The van der Waals surface area contributed by atoms with Crippen LogP contribution in [0.3, 0.4) is 0 Å². The number of rotatable bonds is 11. The molecule has 1 aromatic carbocycles. The molecule has 0 radical (unpaired) electrons. The van der Waals surface area contributed by atoms with Gasteiger partial charge in [-0.05, 0) is 23.6 Å². The maximum absolute atomic E-state index is 12.2. The second-order valence-corrected chi connectivity index (χ2v) is 7.10. The monoisotopic (exact) mass is 356 g/mol. The molecule has 1 aliphatic rings. The molecular formula is C23H32O3. The number of aliphatic hydroxyl groups is 1. The Morgan fingerprint density at radius 3 is 2.31 bits per heavy atom. The van der Waals surface area contributed by atoms with E-state index in [2.05, 4.69) is 6.92 Å². The molecule has 26 heavy (non-hydrogen) atoms. The number of carbonyl (C=O) groups excluding carboxylic acids is 1. The smallest absolute Gasteiger partial charge is 0.342 e. The van der Waals surface area contributed by atoms with Crippen molar-refractivity contribution in [2.75, 3.05) is 6.61 Å². The van der Waals surface area contributed by atoms with Gasteiger partial charge in [-0.15, -0.1) is 0 Å². The highest BCUT2D eigenvalue weighted by atomic mass is 16.5. The molecule has 3 heteroatoms. The molecule has 0 saturated heterocycles. The number of unbranched alkanes of at least 4 members (excludes halogenated alkanes) is 7. The van der Waals surface area contributed by atoms with E-state index >= 15 is 0 Å². The maximum atomic E-state index is 12.2. The van der Waals surface area contributed by atoms with Gasteiger partial charge in [0.1, 0.15) is 0 Å². The normalized spacial score (nSPS) is 19.2. The molecule has 2 rings (SSSR count). The molecule has 1 atom stereocenters. The van der Waals surface area contributed by atoms with Crippen molar-refractivity contribution in [2.24, 2.45) is 0 Å². The molecule has 0 aliphatic heterocycles. The van der Waals surface area contributed by atoms with E-state index < -0.39 is 11.6 Å². The highest BCUT2D eigenvalue weighted by Gasteiger charge is 2.35. The number of hydrogen-bond donors (Lipinski definition) is 1. The van der Waals surface area contributed by atoms with Gasteiger partial charge in [0.05, 0.1) is 6.61 Å². The molecule has 0 amide bonds. The highest BCUT2D eigenvalue weighted by molar-refractivity contribution is 5.86. The van der Waals surface area contributed by atoms with Crippen LogP contribution in [0.2, 0.25) is 0 Å². The van der Waals surface area contributed by atoms with Crippen molar-refractivity contribution in [3.63, 3.8) is 0 Å². The van der Waals surface area contributed by atoms with E-state index in [1.54, 1.807) is 12.2 Å². The van der Waals surface area contributed by atoms with Crippen LogP contribution in [0, 0.1) is 0 Å². The van der Waals surface area contributed by atoms with Crippen LogP contribution in [0.1, 0.15) is 70.3 Å². The first-order chi connectivity index (χ1) is 12.7. The van der Waals surface area contributed by atoms with E-state index in [-0.39, 0.29) is 6.42 Å². The quantitative estimate of drug-likeness (QED) is 0.424. The first kappa shape index (κ1) is 20.4. The predicted molar refractivity (Wildman–Crippen MR) is 107 cm³/mol. The summed E-state index contributed by atoms with van der Waals surface area (Å²) in [5, 5.41) is 10.5. The first-order valence-electron chi connectivity index (χ1n) is 10.00. The highest BCUT2D eigenvalue weighted by Crippen LogP contribution is 2.27. The lowest BCUT2D eigenvalue weighted by Gasteiger charge is -2.24. The third-order valence-electron chi connectivity index (χ3n) is 4.86. The van der Waals surface area contributed by atoms with Crippen LogP contribution in [0.25, 0.3) is 5.57 Å². The number of allylic oxidation sites excluding steroid dienone is 2. The minimum atomic E-state index is -1.53. The third-order valence-corrected chi connectivity index (χ3v) is 4.86. The Kier molecular flexibility index (Phi) is 8.63. The Bertz CT molecular complexity index is 603. The number of carbonyl (C=O) groups is 1. The summed E-state index contributed by atoms with van der Waals surface area (Å²) in [6.07, 6.45) is 15.1. The van der Waals surface area contributed by atoms with Crippen LogP contribution >= 0.6 is 0 Å². The summed E-state index contributed by atoms with van der Waals surface area (Å²) in [6, 6.07) is 9.95. The average molecular weight is 357 g/mol. The van der Waals surface area contributed by atoms with Crippen molar-refractivity contribution in [3.05, 3.63) is 54.1 Å². The summed E-state index contributed by atoms with van der Waals surface area (Å²) in [6.45, 7) is 2.61. The summed E-state index contributed by atoms with van der Waals surface area (Å²) >= 11 is 0. The zero-order valence-electron chi connectivity index (χ0n) is 16.0. The van der Waals surface area contributed by atoms with Crippen molar-refractivity contribution in [1.82, 2.24) is 0 Å². The molecule has 0 aromatic heterocycles. The van der Waals surface area contributed by atoms with Gasteiger partial charge >= 0.3 is 5.97 Å². The minimum absolute atomic E-state index is 0.254. The van der Waals surface area contributed by atoms with E-state index in [0.717, 1.165) is 24.0 Å². The first-order valence-corrected chi connectivity index (χ1v) is 10.00. The second-order valence-electron chi connectivity index (χ2n) is 7.10. The van der Waals surface area contributed by atoms with Crippen LogP contribution in [-0.2, 0) is 9.53 Å². The molecule has 0 spiro atoms. The van der Waals surface area contributed by atoms with Gasteiger partial charge in [-0.25, -0.2) is 4.79 Å². The van der Waals surface area contributed by atoms with E-state index in [9.17, 15) is 9.90 Å². The molecule has 0 saturated carbocycles. The van der Waals surface area contributed by atoms with Crippen LogP contribution in [0.4, 0.5) is 0 Å². The summed E-state index contributed by atoms with van der Waals surface area (Å²) in [4.78, 5) is 12.2. The van der Waals surface area contributed by atoms with Gasteiger partial charge in [-0.1, -0.05) is 94.4 Å². The van der Waals surface area contributed by atoms with E-state index in [1.165, 1.54) is 38.5 Å². The lowest BCUT2D eigenvalue weighted by atomic mass is 9.89. The summed E-state index contributed by atoms with van der Waals surface area (Å²) in [5.41, 5.74) is 0.572. The van der Waals surface area contributed by atoms with Gasteiger partial charge in [0.15, 0.2) is 5.60 Å². The predicted octanol–water partition coefficient (Wildman–Crippen LogP) is 5.44. The van der Waals surface area contributed by atoms with Gasteiger partial charge in [-0.3, -0.25) is 0 Å². The zero-order chi connectivity index (χ0) is 18.7. The SMILES string of the molecule is CCCCCCCCCCOC(=O)C1(O)C=CC(c2ccccc2)=CC1. The number of ether oxygens (including phenoxy) is 1. The van der Waals surface area contributed by atoms with Crippen LogP contribution in [-0.4, -0.2) is 23.3 Å². The Hall–Kier alpha value is -1.87. The van der Waals surface area contributed by atoms with Crippen LogP contribution < -0.4 is 0 Å². The largest absolute Gasteiger partial charge is 0.463 e. The fourth-order valence-corrected chi connectivity index (χ4v) is 3.15. The standard InChI is InChI=1S/C23H32O3/c1-2-3-4-5-6-7-8-12-19-26-22(24)23(25)17-15-21(16-18-23)20-13-10-9-11-14-20/h9-11,13-17,25H,2-8,12,18-19H2,1H3. The fraction of sp³-hybridized carbons (Fsp3) is 0.522. The van der Waals surface area contributed by atoms with E-state index in [0.29, 0.717) is 6.61 Å². The lowest BCUT2D eigenvalue weighted by molar-refractivity contribution is -0.160. The minimum Gasteiger partial charge on any atom is -0.463 e. The van der Waals surface area contributed by atoms with Gasteiger partial charge in [0.25, 0.3) is 0 Å². The van der Waals surface area contributed by atoms with Gasteiger partial charge in [0.2, 0.25) is 0 Å². The van der Waals surface area contributed by atoms with Gasteiger partial charge in [-0.2, -0.15) is 0 Å². The van der Waals surface area contributed by atoms with Crippen molar-refractivity contribution < 1.29 is 14.6 Å². The van der Waals surface area contributed by atoms with Crippen molar-refractivity contribution in [3.8, 4) is 0 Å². The summed E-state index contributed by atoms with van der Waals surface area (Å²) < 4.78 is 5.30. The molecule has 1 N–H and O–H groups in total. The van der Waals surface area contributed by atoms with Crippen molar-refractivity contribution in [2.45, 2.75) is 70.3 Å². The topological polar surface area (TPSA) is 46.5 Å². The Morgan fingerprint density at radius 2 is 1.69 bits per heavy atom. The molecule has 1 aliphatic carbocycles. The zero-order valence-corrected chi connectivity index (χ0v) is 16.0. The number of hydrogen-bond acceptors (Lipinski definition) is 3. The van der Waals surface area contributed by atoms with Gasteiger partial charge in [0, 0.05) is 6.42 Å². The summed E-state index contributed by atoms with van der Waals surface area (Å²) in [5.74, 6) is -0.542. The van der Waals surface area contributed by atoms with Crippen LogP contribution in [0.5, 0.6) is 0 Å². The maximum Gasteiger partial charge on any atom is 0.342 e. The van der Waals surface area contributed by atoms with Crippen molar-refractivity contribution >= 4 is 11.5 Å². The molecule has 0 fully saturated rings. The molecular weight excluding hydrogens is 324 g/mol. The fourth-order valence-electron chi connectivity index (χ4n) is 3.15. The molecule has 1 aromatic rings. The molecule has 1 unspecified atom stereocenters. The summed E-state index contributed by atoms with van der Waals surface area (Å²) in [7, 11) is 0. The average Bonchev–Trinajstić information content (AvgIpc) is 2.68. The third kappa shape index (κ3) is 6.45. The van der Waals surface area contributed by atoms with Crippen LogP contribution in [0.15, 0.2) is 48.6 Å². The molecule has 0 bridgehead atoms. The Morgan fingerprint density at radius 1 is 1.04 bits per heavy atom. The molecule has 0 heterocycles. The number of esters is 1. The second kappa shape index (κ2) is 11.0. The number of benzene rings is 1. The van der Waals surface area contributed by atoms with Gasteiger partial charge < -0.3 is 9.84 Å². The lowest BCUT2D eigenvalue weighted by Crippen LogP contribution is -2.38. The van der Waals surface area contributed by atoms with Crippen molar-refractivity contribution in [1.29, 1.82) is 0 Å². The Balaban J connectivity index is 1.65. The Labute approximate surface area is 157 Å². The van der Waals surface area contributed by atoms with E-state index in [1.807, 2.05) is 36.4 Å². The van der Waals surface area contributed by atoms with E-state index in [4.69, 9.17) is 4.74 Å². The molecule has 142 valence electrons.